The second-order valence-electron chi connectivity index (χ2n) is 7.22. The van der Waals surface area contributed by atoms with Crippen molar-refractivity contribution in [3.05, 3.63) is 59.7 Å². The van der Waals surface area contributed by atoms with E-state index < -0.39 is 6.61 Å². The van der Waals surface area contributed by atoms with E-state index in [0.717, 1.165) is 17.8 Å². The lowest BCUT2D eigenvalue weighted by molar-refractivity contribution is -0.0498. The Morgan fingerprint density at radius 3 is 2.46 bits per heavy atom. The van der Waals surface area contributed by atoms with Gasteiger partial charge in [-0.25, -0.2) is 0 Å². The van der Waals surface area contributed by atoms with Gasteiger partial charge < -0.3 is 10.1 Å². The van der Waals surface area contributed by atoms with E-state index in [4.69, 9.17) is 0 Å². The number of alkyl halides is 2. The van der Waals surface area contributed by atoms with Gasteiger partial charge in [0.1, 0.15) is 5.75 Å². The minimum Gasteiger partial charge on any atom is -0.435 e. The van der Waals surface area contributed by atoms with Crippen LogP contribution in [0.5, 0.6) is 5.75 Å². The number of para-hydroxylation sites is 1. The Morgan fingerprint density at radius 2 is 1.79 bits per heavy atom. The van der Waals surface area contributed by atoms with Crippen LogP contribution >= 0.6 is 0 Å². The van der Waals surface area contributed by atoms with Crippen LogP contribution in [0.1, 0.15) is 48.0 Å². The summed E-state index contributed by atoms with van der Waals surface area (Å²) in [6, 6.07) is 14.0. The number of anilines is 1. The Hall–Kier alpha value is -2.47. The number of ether oxygens (including phenoxy) is 1. The summed E-state index contributed by atoms with van der Waals surface area (Å²) in [7, 11) is 2.14. The number of amides is 1. The Balaban J connectivity index is 1.66. The number of rotatable bonds is 7. The standard InChI is InChI=1S/C22H26F2N2O2/c1-26(18-8-3-2-4-9-18)15-17-7-5-6-10-20(17)25-21(27)16-11-13-19(14-12-16)28-22(23)24/h5-7,10-14,18,22H,2-4,8-9,15H2,1H3,(H,25,27). The van der Waals surface area contributed by atoms with Crippen molar-refractivity contribution in [3.8, 4) is 5.75 Å². The molecule has 1 aliphatic carbocycles. The summed E-state index contributed by atoms with van der Waals surface area (Å²) < 4.78 is 28.8. The molecule has 1 aliphatic rings. The second kappa shape index (κ2) is 9.64. The number of halogens is 2. The van der Waals surface area contributed by atoms with Gasteiger partial charge in [-0.3, -0.25) is 9.69 Å². The number of hydrogen-bond donors (Lipinski definition) is 1. The lowest BCUT2D eigenvalue weighted by atomic mass is 9.94. The van der Waals surface area contributed by atoms with Gasteiger partial charge in [-0.15, -0.1) is 0 Å². The zero-order chi connectivity index (χ0) is 19.9. The molecule has 2 aromatic carbocycles. The molecule has 0 unspecified atom stereocenters. The van der Waals surface area contributed by atoms with Crippen LogP contribution in [0.4, 0.5) is 14.5 Å². The predicted molar refractivity (Wildman–Crippen MR) is 106 cm³/mol. The molecule has 0 aliphatic heterocycles. The smallest absolute Gasteiger partial charge is 0.387 e. The summed E-state index contributed by atoms with van der Waals surface area (Å²) in [6.45, 7) is -2.12. The molecule has 2 aromatic rings. The van der Waals surface area contributed by atoms with Crippen molar-refractivity contribution < 1.29 is 18.3 Å². The van der Waals surface area contributed by atoms with Crippen LogP contribution < -0.4 is 10.1 Å². The van der Waals surface area contributed by atoms with E-state index in [1.54, 1.807) is 0 Å². The maximum absolute atomic E-state index is 12.6. The number of benzene rings is 2. The number of hydrogen-bond acceptors (Lipinski definition) is 3. The van der Waals surface area contributed by atoms with Crippen molar-refractivity contribution in [1.29, 1.82) is 0 Å². The average Bonchev–Trinajstić information content (AvgIpc) is 2.70. The molecular formula is C22H26F2N2O2. The molecule has 0 saturated heterocycles. The minimum atomic E-state index is -2.88. The highest BCUT2D eigenvalue weighted by Gasteiger charge is 2.19. The third kappa shape index (κ3) is 5.52. The highest BCUT2D eigenvalue weighted by atomic mass is 19.3. The van der Waals surface area contributed by atoms with Crippen molar-refractivity contribution >= 4 is 11.6 Å². The number of carbonyl (C=O) groups is 1. The zero-order valence-corrected chi connectivity index (χ0v) is 16.0. The Labute approximate surface area is 164 Å². The lowest BCUT2D eigenvalue weighted by Gasteiger charge is -2.31. The van der Waals surface area contributed by atoms with Gasteiger partial charge in [0.25, 0.3) is 5.91 Å². The molecule has 1 fully saturated rings. The topological polar surface area (TPSA) is 41.6 Å². The van der Waals surface area contributed by atoms with Gasteiger partial charge in [0.2, 0.25) is 0 Å². The molecule has 0 heterocycles. The molecule has 0 spiro atoms. The van der Waals surface area contributed by atoms with E-state index in [0.29, 0.717) is 11.6 Å². The summed E-state index contributed by atoms with van der Waals surface area (Å²) in [5.74, 6) is -0.252. The fourth-order valence-electron chi connectivity index (χ4n) is 3.68. The van der Waals surface area contributed by atoms with E-state index in [2.05, 4.69) is 22.0 Å². The van der Waals surface area contributed by atoms with Crippen LogP contribution in [0.2, 0.25) is 0 Å². The Bertz CT molecular complexity index is 774. The fraction of sp³-hybridized carbons (Fsp3) is 0.409. The summed E-state index contributed by atoms with van der Waals surface area (Å²) in [5.41, 5.74) is 2.21. The van der Waals surface area contributed by atoms with Crippen LogP contribution in [-0.2, 0) is 6.54 Å². The first-order chi connectivity index (χ1) is 13.5. The molecule has 3 rings (SSSR count). The Morgan fingerprint density at radius 1 is 1.11 bits per heavy atom. The van der Waals surface area contributed by atoms with Crippen LogP contribution in [-0.4, -0.2) is 30.5 Å². The number of nitrogens with zero attached hydrogens (tertiary/aromatic N) is 1. The summed E-state index contributed by atoms with van der Waals surface area (Å²) >= 11 is 0. The SMILES string of the molecule is CN(Cc1ccccc1NC(=O)c1ccc(OC(F)F)cc1)C1CCCCC1. The first kappa shape index (κ1) is 20.3. The van der Waals surface area contributed by atoms with Crippen molar-refractivity contribution in [1.82, 2.24) is 4.90 Å². The quantitative estimate of drug-likeness (QED) is 0.699. The average molecular weight is 388 g/mol. The van der Waals surface area contributed by atoms with Crippen molar-refractivity contribution in [2.75, 3.05) is 12.4 Å². The second-order valence-corrected chi connectivity index (χ2v) is 7.22. The van der Waals surface area contributed by atoms with Gasteiger partial charge in [0, 0.05) is 23.8 Å². The fourth-order valence-corrected chi connectivity index (χ4v) is 3.68. The molecule has 1 N–H and O–H groups in total. The van der Waals surface area contributed by atoms with E-state index >= 15 is 0 Å². The third-order valence-electron chi connectivity index (χ3n) is 5.23. The predicted octanol–water partition coefficient (Wildman–Crippen LogP) is 5.30. The first-order valence-corrected chi connectivity index (χ1v) is 9.67. The zero-order valence-electron chi connectivity index (χ0n) is 16.0. The number of nitrogens with one attached hydrogen (secondary N) is 1. The minimum absolute atomic E-state index is 0.0288. The molecule has 1 saturated carbocycles. The number of carbonyl (C=O) groups excluding carboxylic acids is 1. The molecule has 4 nitrogen and oxygen atoms in total. The van der Waals surface area contributed by atoms with E-state index in [-0.39, 0.29) is 11.7 Å². The van der Waals surface area contributed by atoms with Gasteiger partial charge in [-0.1, -0.05) is 37.5 Å². The highest BCUT2D eigenvalue weighted by Crippen LogP contribution is 2.25. The molecule has 0 atom stereocenters. The highest BCUT2D eigenvalue weighted by molar-refractivity contribution is 6.04. The van der Waals surface area contributed by atoms with E-state index in [1.165, 1.54) is 56.4 Å². The molecule has 1 amide bonds. The summed E-state index contributed by atoms with van der Waals surface area (Å²) in [4.78, 5) is 14.9. The monoisotopic (exact) mass is 388 g/mol. The van der Waals surface area contributed by atoms with Gasteiger partial charge in [-0.05, 0) is 55.8 Å². The third-order valence-corrected chi connectivity index (χ3v) is 5.23. The van der Waals surface area contributed by atoms with E-state index in [1.807, 2.05) is 24.3 Å². The van der Waals surface area contributed by atoms with Crippen LogP contribution in [0.15, 0.2) is 48.5 Å². The molecule has 0 bridgehead atoms. The molecule has 6 heteroatoms. The molecule has 0 radical (unpaired) electrons. The van der Waals surface area contributed by atoms with Gasteiger partial charge >= 0.3 is 6.61 Å². The molecular weight excluding hydrogens is 362 g/mol. The molecule has 28 heavy (non-hydrogen) atoms. The molecule has 150 valence electrons. The largest absolute Gasteiger partial charge is 0.435 e. The maximum Gasteiger partial charge on any atom is 0.387 e. The van der Waals surface area contributed by atoms with Crippen LogP contribution in [0, 0.1) is 0 Å². The van der Waals surface area contributed by atoms with E-state index in [9.17, 15) is 13.6 Å². The summed E-state index contributed by atoms with van der Waals surface area (Å²) in [6.07, 6.45) is 6.31. The van der Waals surface area contributed by atoms with Crippen molar-refractivity contribution in [2.45, 2.75) is 51.3 Å². The van der Waals surface area contributed by atoms with Crippen molar-refractivity contribution in [3.63, 3.8) is 0 Å². The normalized spacial score (nSPS) is 15.0. The first-order valence-electron chi connectivity index (χ1n) is 9.67. The maximum atomic E-state index is 12.6. The molecule has 0 aromatic heterocycles. The summed E-state index contributed by atoms with van der Waals surface area (Å²) in [5, 5.41) is 2.94. The Kier molecular flexibility index (Phi) is 6.98. The van der Waals surface area contributed by atoms with Crippen molar-refractivity contribution in [2.24, 2.45) is 0 Å². The lowest BCUT2D eigenvalue weighted by Crippen LogP contribution is -2.33. The van der Waals surface area contributed by atoms with Crippen LogP contribution in [0.3, 0.4) is 0 Å². The van der Waals surface area contributed by atoms with Gasteiger partial charge in [0.15, 0.2) is 0 Å². The van der Waals surface area contributed by atoms with Gasteiger partial charge in [0.05, 0.1) is 0 Å². The van der Waals surface area contributed by atoms with Gasteiger partial charge in [-0.2, -0.15) is 8.78 Å². The van der Waals surface area contributed by atoms with Crippen LogP contribution in [0.25, 0.3) is 0 Å².